The van der Waals surface area contributed by atoms with E-state index in [1.165, 1.54) is 19.2 Å². The molecule has 1 unspecified atom stereocenters. The van der Waals surface area contributed by atoms with Gasteiger partial charge in [-0.2, -0.15) is 0 Å². The van der Waals surface area contributed by atoms with E-state index in [0.717, 1.165) is 0 Å². The number of hydrogen-bond acceptors (Lipinski definition) is 2. The highest BCUT2D eigenvalue weighted by Gasteiger charge is 2.20. The van der Waals surface area contributed by atoms with Crippen LogP contribution in [-0.4, -0.2) is 20.8 Å². The lowest BCUT2D eigenvalue weighted by Gasteiger charge is -2.17. The van der Waals surface area contributed by atoms with Crippen molar-refractivity contribution in [1.82, 2.24) is 5.32 Å². The molecule has 5 heteroatoms. The molecule has 15 heavy (non-hydrogen) atoms. The molecule has 1 aromatic rings. The number of methoxy groups -OCH3 is 1. The van der Waals surface area contributed by atoms with Gasteiger partial charge in [-0.3, -0.25) is 0 Å². The van der Waals surface area contributed by atoms with Crippen molar-refractivity contribution in [1.29, 1.82) is 0 Å². The molecule has 0 spiro atoms. The van der Waals surface area contributed by atoms with Crippen molar-refractivity contribution in [2.24, 2.45) is 0 Å². The Kier molecular flexibility index (Phi) is 4.63. The summed E-state index contributed by atoms with van der Waals surface area (Å²) in [6, 6.07) is 2.07. The zero-order chi connectivity index (χ0) is 11.4. The van der Waals surface area contributed by atoms with Crippen LogP contribution < -0.4 is 5.32 Å². The van der Waals surface area contributed by atoms with Crippen LogP contribution in [0.2, 0.25) is 0 Å². The van der Waals surface area contributed by atoms with Crippen LogP contribution in [-0.2, 0) is 4.74 Å². The Morgan fingerprint density at radius 3 is 2.67 bits per heavy atom. The van der Waals surface area contributed by atoms with Gasteiger partial charge in [0.25, 0.3) is 0 Å². The molecule has 1 aromatic carbocycles. The van der Waals surface area contributed by atoms with E-state index in [9.17, 15) is 8.78 Å². The normalized spacial score (nSPS) is 12.9. The van der Waals surface area contributed by atoms with Gasteiger partial charge in [-0.05, 0) is 35.1 Å². The van der Waals surface area contributed by atoms with Crippen LogP contribution in [0.15, 0.2) is 16.6 Å². The van der Waals surface area contributed by atoms with Crippen LogP contribution in [0.3, 0.4) is 0 Å². The molecule has 0 aromatic heterocycles. The summed E-state index contributed by atoms with van der Waals surface area (Å²) in [6.45, 7) is 0.209. The number of nitrogens with one attached hydrogen (secondary N) is 1. The number of likely N-dealkylation sites (N-methyl/N-ethyl adjacent to an activating group) is 1. The predicted octanol–water partition coefficient (Wildman–Crippen LogP) is 2.63. The zero-order valence-corrected chi connectivity index (χ0v) is 10.1. The Balaban J connectivity index is 3.15. The molecule has 0 aliphatic heterocycles. The number of halogens is 3. The van der Waals surface area contributed by atoms with E-state index >= 15 is 0 Å². The van der Waals surface area contributed by atoms with Gasteiger partial charge in [0.2, 0.25) is 0 Å². The Morgan fingerprint density at radius 1 is 1.47 bits per heavy atom. The van der Waals surface area contributed by atoms with Crippen LogP contribution in [0.1, 0.15) is 11.6 Å². The molecular weight excluding hydrogens is 268 g/mol. The molecule has 0 amide bonds. The van der Waals surface area contributed by atoms with Crippen molar-refractivity contribution >= 4 is 15.9 Å². The van der Waals surface area contributed by atoms with Crippen LogP contribution in [0.5, 0.6) is 0 Å². The van der Waals surface area contributed by atoms with Crippen molar-refractivity contribution < 1.29 is 13.5 Å². The van der Waals surface area contributed by atoms with Crippen molar-refractivity contribution in [3.63, 3.8) is 0 Å². The van der Waals surface area contributed by atoms with Crippen molar-refractivity contribution in [3.05, 3.63) is 33.8 Å². The number of hydrogen-bond donors (Lipinski definition) is 1. The standard InChI is InChI=1S/C10H12BrF2NO/c1-14-8(5-15-2)9-7(12)4-3-6(11)10(9)13/h3-4,8,14H,5H2,1-2H3. The molecular formula is C10H12BrF2NO. The van der Waals surface area contributed by atoms with Crippen molar-refractivity contribution in [3.8, 4) is 0 Å². The van der Waals surface area contributed by atoms with Gasteiger partial charge < -0.3 is 10.1 Å². The Labute approximate surface area is 95.8 Å². The number of ether oxygens (including phenoxy) is 1. The maximum Gasteiger partial charge on any atom is 0.145 e. The molecule has 1 atom stereocenters. The molecule has 2 nitrogen and oxygen atoms in total. The average Bonchev–Trinajstić information content (AvgIpc) is 2.22. The molecule has 0 fully saturated rings. The minimum atomic E-state index is -0.591. The number of rotatable bonds is 4. The monoisotopic (exact) mass is 279 g/mol. The molecule has 1 rings (SSSR count). The van der Waals surface area contributed by atoms with E-state index < -0.39 is 17.7 Å². The quantitative estimate of drug-likeness (QED) is 0.856. The molecule has 1 N–H and O–H groups in total. The van der Waals surface area contributed by atoms with Crippen LogP contribution >= 0.6 is 15.9 Å². The summed E-state index contributed by atoms with van der Waals surface area (Å²) in [7, 11) is 3.11. The SMILES string of the molecule is CNC(COC)c1c(F)ccc(Br)c1F. The topological polar surface area (TPSA) is 21.3 Å². The van der Waals surface area contributed by atoms with E-state index in [0.29, 0.717) is 0 Å². The third-order valence-electron chi connectivity index (χ3n) is 2.11. The minimum absolute atomic E-state index is 0.00581. The second kappa shape index (κ2) is 5.53. The van der Waals surface area contributed by atoms with Crippen LogP contribution in [0, 0.1) is 11.6 Å². The fourth-order valence-electron chi connectivity index (χ4n) is 1.34. The maximum absolute atomic E-state index is 13.6. The molecule has 84 valence electrons. The molecule has 0 saturated carbocycles. The molecule has 0 bridgehead atoms. The zero-order valence-electron chi connectivity index (χ0n) is 8.48. The molecule has 0 aliphatic carbocycles. The fourth-order valence-corrected chi connectivity index (χ4v) is 1.69. The Morgan fingerprint density at radius 2 is 2.13 bits per heavy atom. The van der Waals surface area contributed by atoms with Crippen LogP contribution in [0.25, 0.3) is 0 Å². The van der Waals surface area contributed by atoms with Crippen molar-refractivity contribution in [2.75, 3.05) is 20.8 Å². The predicted molar refractivity (Wildman–Crippen MR) is 57.7 cm³/mol. The highest BCUT2D eigenvalue weighted by atomic mass is 79.9. The van der Waals surface area contributed by atoms with Gasteiger partial charge in [0.1, 0.15) is 11.6 Å². The van der Waals surface area contributed by atoms with Crippen molar-refractivity contribution in [2.45, 2.75) is 6.04 Å². The van der Waals surface area contributed by atoms with Gasteiger partial charge in [-0.25, -0.2) is 8.78 Å². The summed E-state index contributed by atoms with van der Waals surface area (Å²) in [4.78, 5) is 0. The summed E-state index contributed by atoms with van der Waals surface area (Å²) in [5, 5.41) is 2.80. The number of benzene rings is 1. The van der Waals surface area contributed by atoms with Gasteiger partial charge >= 0.3 is 0 Å². The summed E-state index contributed by atoms with van der Waals surface area (Å²) in [5.41, 5.74) is -0.00581. The summed E-state index contributed by atoms with van der Waals surface area (Å²) in [6.07, 6.45) is 0. The highest BCUT2D eigenvalue weighted by Crippen LogP contribution is 2.26. The summed E-state index contributed by atoms with van der Waals surface area (Å²) < 4.78 is 32.2. The second-order valence-electron chi connectivity index (χ2n) is 3.05. The van der Waals surface area contributed by atoms with Gasteiger partial charge in [0, 0.05) is 12.7 Å². The first kappa shape index (κ1) is 12.5. The van der Waals surface area contributed by atoms with Gasteiger partial charge in [-0.1, -0.05) is 0 Å². The smallest absolute Gasteiger partial charge is 0.145 e. The lowest BCUT2D eigenvalue weighted by molar-refractivity contribution is 0.167. The second-order valence-corrected chi connectivity index (χ2v) is 3.91. The first-order chi connectivity index (χ1) is 7.11. The lowest BCUT2D eigenvalue weighted by Crippen LogP contribution is -2.23. The third-order valence-corrected chi connectivity index (χ3v) is 2.72. The van der Waals surface area contributed by atoms with Gasteiger partial charge in [0.05, 0.1) is 17.1 Å². The summed E-state index contributed by atoms with van der Waals surface area (Å²) in [5.74, 6) is -1.17. The first-order valence-electron chi connectivity index (χ1n) is 4.41. The highest BCUT2D eigenvalue weighted by molar-refractivity contribution is 9.10. The summed E-state index contributed by atoms with van der Waals surface area (Å²) >= 11 is 3.02. The third kappa shape index (κ3) is 2.74. The fraction of sp³-hybridized carbons (Fsp3) is 0.400. The Bertz CT molecular complexity index is 346. The van der Waals surface area contributed by atoms with E-state index in [1.54, 1.807) is 7.05 Å². The maximum atomic E-state index is 13.6. The van der Waals surface area contributed by atoms with E-state index in [1.807, 2.05) is 0 Å². The van der Waals surface area contributed by atoms with E-state index in [2.05, 4.69) is 21.2 Å². The molecule has 0 heterocycles. The van der Waals surface area contributed by atoms with Crippen LogP contribution in [0.4, 0.5) is 8.78 Å². The minimum Gasteiger partial charge on any atom is -0.383 e. The molecule has 0 radical (unpaired) electrons. The van der Waals surface area contributed by atoms with E-state index in [4.69, 9.17) is 4.74 Å². The molecule has 0 saturated heterocycles. The average molecular weight is 280 g/mol. The first-order valence-corrected chi connectivity index (χ1v) is 5.20. The molecule has 0 aliphatic rings. The van der Waals surface area contributed by atoms with Gasteiger partial charge in [-0.15, -0.1) is 0 Å². The lowest BCUT2D eigenvalue weighted by atomic mass is 10.1. The Hall–Kier alpha value is -0.520. The largest absolute Gasteiger partial charge is 0.383 e. The van der Waals surface area contributed by atoms with Gasteiger partial charge in [0.15, 0.2) is 0 Å². The van der Waals surface area contributed by atoms with E-state index in [-0.39, 0.29) is 16.6 Å².